The molecule has 1 saturated carbocycles. The Kier molecular flexibility index (Phi) is 5.83. The Hall–Kier alpha value is -2.83. The molecule has 2 aromatic rings. The van der Waals surface area contributed by atoms with Crippen molar-refractivity contribution >= 4 is 11.6 Å². The van der Waals surface area contributed by atoms with Crippen LogP contribution in [0.2, 0.25) is 0 Å². The van der Waals surface area contributed by atoms with E-state index in [4.69, 9.17) is 4.74 Å². The fourth-order valence-corrected chi connectivity index (χ4v) is 4.22. The average molecular weight is 396 g/mol. The molecule has 1 amide bonds. The molecule has 1 aromatic carbocycles. The fourth-order valence-electron chi connectivity index (χ4n) is 4.22. The zero-order valence-corrected chi connectivity index (χ0v) is 16.9. The van der Waals surface area contributed by atoms with Gasteiger partial charge in [0.25, 0.3) is 5.56 Å². The van der Waals surface area contributed by atoms with Crippen molar-refractivity contribution < 1.29 is 9.53 Å². The Morgan fingerprint density at radius 2 is 1.97 bits per heavy atom. The molecule has 1 fully saturated rings. The summed E-state index contributed by atoms with van der Waals surface area (Å²) in [6, 6.07) is 9.79. The molecule has 29 heavy (non-hydrogen) atoms. The predicted molar refractivity (Wildman–Crippen MR) is 111 cm³/mol. The van der Waals surface area contributed by atoms with E-state index in [0.29, 0.717) is 6.54 Å². The summed E-state index contributed by atoms with van der Waals surface area (Å²) in [6.07, 6.45) is 6.36. The molecular formula is C22H28N4O3. The molecule has 4 rings (SSSR count). The van der Waals surface area contributed by atoms with E-state index < -0.39 is 0 Å². The Bertz CT molecular complexity index is 917. The summed E-state index contributed by atoms with van der Waals surface area (Å²) in [6.45, 7) is 1.45. The minimum Gasteiger partial charge on any atom is -0.497 e. The maximum absolute atomic E-state index is 12.5. The van der Waals surface area contributed by atoms with Crippen LogP contribution in [0.15, 0.2) is 35.1 Å². The van der Waals surface area contributed by atoms with Crippen LogP contribution in [-0.4, -0.2) is 35.4 Å². The number of ether oxygens (including phenoxy) is 1. The second-order valence-electron chi connectivity index (χ2n) is 7.88. The number of hydrogen-bond donors (Lipinski definition) is 1. The summed E-state index contributed by atoms with van der Waals surface area (Å²) in [5.41, 5.74) is 2.70. The third-order valence-electron chi connectivity index (χ3n) is 5.85. The number of nitrogens with zero attached hydrogens (tertiary/aromatic N) is 3. The van der Waals surface area contributed by atoms with E-state index in [1.807, 2.05) is 24.3 Å². The van der Waals surface area contributed by atoms with Crippen LogP contribution >= 0.6 is 0 Å². The molecule has 0 spiro atoms. The van der Waals surface area contributed by atoms with E-state index in [1.165, 1.54) is 11.1 Å². The zero-order valence-electron chi connectivity index (χ0n) is 16.9. The van der Waals surface area contributed by atoms with Crippen LogP contribution in [0.1, 0.15) is 43.4 Å². The largest absolute Gasteiger partial charge is 0.497 e. The highest BCUT2D eigenvalue weighted by Gasteiger charge is 2.21. The Balaban J connectivity index is 1.43. The standard InChI is InChI=1S/C22H28N4O3/c1-29-19-9-7-18(8-10-19)25-12-11-20-16(14-25)13-22(28)26(24-20)15-21(27)23-17-5-3-2-4-6-17/h7-10,13,17H,2-6,11-12,14-15H2,1H3,(H,23,27). The SMILES string of the molecule is COc1ccc(N2CCc3nn(CC(=O)NC4CCCCC4)c(=O)cc3C2)cc1. The third kappa shape index (κ3) is 4.60. The summed E-state index contributed by atoms with van der Waals surface area (Å²) in [7, 11) is 1.65. The number of benzene rings is 1. The van der Waals surface area contributed by atoms with E-state index in [-0.39, 0.29) is 24.1 Å². The van der Waals surface area contributed by atoms with Gasteiger partial charge in [0, 0.05) is 42.9 Å². The van der Waals surface area contributed by atoms with Gasteiger partial charge in [-0.15, -0.1) is 0 Å². The van der Waals surface area contributed by atoms with Crippen LogP contribution in [0.3, 0.4) is 0 Å². The molecular weight excluding hydrogens is 368 g/mol. The number of rotatable bonds is 5. The average Bonchev–Trinajstić information content (AvgIpc) is 2.75. The van der Waals surface area contributed by atoms with Gasteiger partial charge in [0.05, 0.1) is 12.8 Å². The summed E-state index contributed by atoms with van der Waals surface area (Å²) in [5, 5.41) is 7.55. The van der Waals surface area contributed by atoms with Gasteiger partial charge in [0.1, 0.15) is 12.3 Å². The van der Waals surface area contributed by atoms with Gasteiger partial charge >= 0.3 is 0 Å². The molecule has 2 heterocycles. The normalized spacial score (nSPS) is 16.9. The second-order valence-corrected chi connectivity index (χ2v) is 7.88. The molecule has 1 aliphatic heterocycles. The van der Waals surface area contributed by atoms with Gasteiger partial charge in [0.2, 0.25) is 5.91 Å². The summed E-state index contributed by atoms with van der Waals surface area (Å²) < 4.78 is 6.52. The van der Waals surface area contributed by atoms with Gasteiger partial charge in [-0.2, -0.15) is 5.10 Å². The van der Waals surface area contributed by atoms with Crippen molar-refractivity contribution in [1.82, 2.24) is 15.1 Å². The molecule has 7 nitrogen and oxygen atoms in total. The number of carbonyl (C=O) groups is 1. The molecule has 2 aliphatic rings. The molecule has 0 saturated heterocycles. The highest BCUT2D eigenvalue weighted by Crippen LogP contribution is 2.24. The van der Waals surface area contributed by atoms with Crippen molar-refractivity contribution in [3.8, 4) is 5.75 Å². The lowest BCUT2D eigenvalue weighted by molar-refractivity contribution is -0.122. The number of anilines is 1. The molecule has 0 atom stereocenters. The number of carbonyl (C=O) groups excluding carboxylic acids is 1. The molecule has 1 N–H and O–H groups in total. The maximum Gasteiger partial charge on any atom is 0.267 e. The van der Waals surface area contributed by atoms with E-state index in [2.05, 4.69) is 15.3 Å². The highest BCUT2D eigenvalue weighted by molar-refractivity contribution is 5.75. The van der Waals surface area contributed by atoms with Crippen LogP contribution in [0, 0.1) is 0 Å². The lowest BCUT2D eigenvalue weighted by atomic mass is 9.95. The first kappa shape index (κ1) is 19.5. The molecule has 0 bridgehead atoms. The van der Waals surface area contributed by atoms with Crippen LogP contribution in [0.25, 0.3) is 0 Å². The zero-order chi connectivity index (χ0) is 20.2. The smallest absolute Gasteiger partial charge is 0.267 e. The molecule has 154 valence electrons. The van der Waals surface area contributed by atoms with Crippen LogP contribution in [-0.2, 0) is 24.3 Å². The van der Waals surface area contributed by atoms with Crippen molar-refractivity contribution in [3.05, 3.63) is 51.9 Å². The quantitative estimate of drug-likeness (QED) is 0.839. The fraction of sp³-hybridized carbons (Fsp3) is 0.500. The molecule has 7 heteroatoms. The summed E-state index contributed by atoms with van der Waals surface area (Å²) in [4.78, 5) is 27.1. The van der Waals surface area contributed by atoms with E-state index in [1.54, 1.807) is 13.2 Å². The summed E-state index contributed by atoms with van der Waals surface area (Å²) in [5.74, 6) is 0.698. The molecule has 1 aromatic heterocycles. The van der Waals surface area contributed by atoms with Crippen LogP contribution in [0.4, 0.5) is 5.69 Å². The monoisotopic (exact) mass is 396 g/mol. The number of hydrogen-bond acceptors (Lipinski definition) is 5. The van der Waals surface area contributed by atoms with Gasteiger partial charge in [0.15, 0.2) is 0 Å². The second kappa shape index (κ2) is 8.68. The number of amides is 1. The van der Waals surface area contributed by atoms with Crippen molar-refractivity contribution in [2.45, 2.75) is 57.7 Å². The van der Waals surface area contributed by atoms with E-state index in [9.17, 15) is 9.59 Å². The first-order valence-electron chi connectivity index (χ1n) is 10.4. The number of methoxy groups -OCH3 is 1. The van der Waals surface area contributed by atoms with E-state index >= 15 is 0 Å². The number of fused-ring (bicyclic) bond motifs is 1. The van der Waals surface area contributed by atoms with Crippen molar-refractivity contribution in [1.29, 1.82) is 0 Å². The molecule has 0 unspecified atom stereocenters. The van der Waals surface area contributed by atoms with Gasteiger partial charge in [-0.1, -0.05) is 19.3 Å². The first-order chi connectivity index (χ1) is 14.1. The number of nitrogens with one attached hydrogen (secondary N) is 1. The first-order valence-corrected chi connectivity index (χ1v) is 10.4. The van der Waals surface area contributed by atoms with Gasteiger partial charge in [-0.05, 0) is 37.1 Å². The van der Waals surface area contributed by atoms with Crippen LogP contribution < -0.4 is 20.5 Å². The molecule has 0 radical (unpaired) electrons. The maximum atomic E-state index is 12.5. The minimum atomic E-state index is -0.223. The Morgan fingerprint density at radius 1 is 1.21 bits per heavy atom. The van der Waals surface area contributed by atoms with E-state index in [0.717, 1.165) is 61.3 Å². The highest BCUT2D eigenvalue weighted by atomic mass is 16.5. The Labute approximate surface area is 170 Å². The van der Waals surface area contributed by atoms with Gasteiger partial charge in [-0.3, -0.25) is 9.59 Å². The molecule has 1 aliphatic carbocycles. The summed E-state index contributed by atoms with van der Waals surface area (Å²) >= 11 is 0. The van der Waals surface area contributed by atoms with Crippen LogP contribution in [0.5, 0.6) is 5.75 Å². The lowest BCUT2D eigenvalue weighted by Crippen LogP contribution is -2.41. The third-order valence-corrected chi connectivity index (χ3v) is 5.85. The van der Waals surface area contributed by atoms with Crippen molar-refractivity contribution in [2.75, 3.05) is 18.6 Å². The predicted octanol–water partition coefficient (Wildman–Crippen LogP) is 2.26. The van der Waals surface area contributed by atoms with Crippen molar-refractivity contribution in [2.24, 2.45) is 0 Å². The Morgan fingerprint density at radius 3 is 2.69 bits per heavy atom. The van der Waals surface area contributed by atoms with Gasteiger partial charge < -0.3 is 15.0 Å². The van der Waals surface area contributed by atoms with Crippen molar-refractivity contribution in [3.63, 3.8) is 0 Å². The minimum absolute atomic E-state index is 0.00912. The lowest BCUT2D eigenvalue weighted by Gasteiger charge is -2.30. The van der Waals surface area contributed by atoms with Gasteiger partial charge in [-0.25, -0.2) is 4.68 Å². The number of aromatic nitrogens is 2. The topological polar surface area (TPSA) is 76.5 Å².